The highest BCUT2D eigenvalue weighted by Crippen LogP contribution is 2.31. The van der Waals surface area contributed by atoms with Crippen molar-refractivity contribution in [2.24, 2.45) is 0 Å². The molecule has 24 heavy (non-hydrogen) atoms. The maximum Gasteiger partial charge on any atom is 0.267 e. The number of benzene rings is 2. The Labute approximate surface area is 143 Å². The predicted octanol–water partition coefficient (Wildman–Crippen LogP) is 4.99. The lowest BCUT2D eigenvalue weighted by Gasteiger charge is -2.15. The second-order valence-corrected chi connectivity index (χ2v) is 5.38. The molecule has 0 bridgehead atoms. The minimum Gasteiger partial charge on any atom is -0.488 e. The molecule has 128 valence electrons. The molecule has 0 fully saturated rings. The van der Waals surface area contributed by atoms with E-state index >= 15 is 0 Å². The van der Waals surface area contributed by atoms with Crippen molar-refractivity contribution in [2.75, 3.05) is 12.4 Å². The second kappa shape index (κ2) is 8.01. The number of rotatable bonds is 5. The molecule has 0 saturated heterocycles. The number of halogens is 3. The highest BCUT2D eigenvalue weighted by atomic mass is 32.1. The van der Waals surface area contributed by atoms with Crippen LogP contribution in [0.4, 0.5) is 18.9 Å². The number of hydrogen-bond donors (Lipinski definition) is 1. The maximum absolute atomic E-state index is 14.1. The van der Waals surface area contributed by atoms with Gasteiger partial charge >= 0.3 is 0 Å². The van der Waals surface area contributed by atoms with Gasteiger partial charge in [-0.2, -0.15) is 0 Å². The van der Waals surface area contributed by atoms with Gasteiger partial charge in [0.2, 0.25) is 0 Å². The highest BCUT2D eigenvalue weighted by molar-refractivity contribution is 7.80. The number of ether oxygens (including phenoxy) is 2. The van der Waals surface area contributed by atoms with Crippen molar-refractivity contribution in [2.45, 2.75) is 20.0 Å². The molecule has 0 unspecified atom stereocenters. The fourth-order valence-electron chi connectivity index (χ4n) is 2.10. The van der Waals surface area contributed by atoms with Crippen LogP contribution in [0.25, 0.3) is 0 Å². The Hall–Kier alpha value is -2.28. The highest BCUT2D eigenvalue weighted by Gasteiger charge is 2.16. The minimum absolute atomic E-state index is 0.0131. The van der Waals surface area contributed by atoms with Gasteiger partial charge in [-0.05, 0) is 43.4 Å². The van der Waals surface area contributed by atoms with E-state index in [1.54, 1.807) is 19.1 Å². The van der Waals surface area contributed by atoms with Crippen LogP contribution in [-0.2, 0) is 11.3 Å². The largest absolute Gasteiger partial charge is 0.488 e. The number of aryl methyl sites for hydroxylation is 1. The Morgan fingerprint density at radius 1 is 1.25 bits per heavy atom. The summed E-state index contributed by atoms with van der Waals surface area (Å²) in [6.07, 6.45) is -2.68. The lowest BCUT2D eigenvalue weighted by Crippen LogP contribution is -2.14. The second-order valence-electron chi connectivity index (χ2n) is 5.01. The molecule has 2 rings (SSSR count). The van der Waals surface area contributed by atoms with E-state index < -0.39 is 12.2 Å². The minimum atomic E-state index is -2.68. The Bertz CT molecular complexity index is 738. The molecule has 0 aliphatic carbocycles. The first-order valence-corrected chi connectivity index (χ1v) is 7.47. The third kappa shape index (κ3) is 4.38. The van der Waals surface area contributed by atoms with Crippen LogP contribution >= 0.6 is 12.2 Å². The molecule has 0 amide bonds. The van der Waals surface area contributed by atoms with Gasteiger partial charge in [0.05, 0.1) is 18.4 Å². The van der Waals surface area contributed by atoms with Gasteiger partial charge in [0.15, 0.2) is 0 Å². The van der Waals surface area contributed by atoms with E-state index in [2.05, 4.69) is 5.32 Å². The normalized spacial score (nSPS) is 10.6. The molecular weight excluding hydrogens is 339 g/mol. The van der Waals surface area contributed by atoms with Gasteiger partial charge in [0.1, 0.15) is 18.2 Å². The summed E-state index contributed by atoms with van der Waals surface area (Å²) in [5, 5.41) is 2.79. The monoisotopic (exact) mass is 355 g/mol. The van der Waals surface area contributed by atoms with E-state index in [4.69, 9.17) is 21.7 Å². The maximum atomic E-state index is 14.1. The predicted molar refractivity (Wildman–Crippen MR) is 90.1 cm³/mol. The molecular formula is C17H16F3NO2S. The summed E-state index contributed by atoms with van der Waals surface area (Å²) >= 11 is 4.89. The van der Waals surface area contributed by atoms with Gasteiger partial charge in [0.25, 0.3) is 11.6 Å². The van der Waals surface area contributed by atoms with Gasteiger partial charge in [-0.25, -0.2) is 13.2 Å². The van der Waals surface area contributed by atoms with E-state index in [1.165, 1.54) is 31.4 Å². The number of alkyl halides is 2. The van der Waals surface area contributed by atoms with E-state index in [1.807, 2.05) is 0 Å². The molecule has 0 aromatic heterocycles. The molecule has 2 aromatic carbocycles. The number of thiocarbonyl (C=S) groups is 1. The van der Waals surface area contributed by atoms with Crippen molar-refractivity contribution in [1.82, 2.24) is 0 Å². The Kier molecular flexibility index (Phi) is 6.03. The number of hydrogen-bond acceptors (Lipinski definition) is 3. The van der Waals surface area contributed by atoms with Crippen molar-refractivity contribution in [3.05, 3.63) is 58.9 Å². The van der Waals surface area contributed by atoms with E-state index in [-0.39, 0.29) is 28.7 Å². The first-order valence-electron chi connectivity index (χ1n) is 7.06. The lowest BCUT2D eigenvalue weighted by molar-refractivity contribution is 0.144. The average Bonchev–Trinajstić information content (AvgIpc) is 2.55. The Balaban J connectivity index is 2.25. The van der Waals surface area contributed by atoms with Crippen LogP contribution < -0.4 is 10.1 Å². The van der Waals surface area contributed by atoms with Crippen molar-refractivity contribution in [3.8, 4) is 5.75 Å². The van der Waals surface area contributed by atoms with Crippen LogP contribution in [0.1, 0.15) is 23.1 Å². The van der Waals surface area contributed by atoms with Crippen molar-refractivity contribution in [3.63, 3.8) is 0 Å². The Morgan fingerprint density at radius 2 is 2.00 bits per heavy atom. The quantitative estimate of drug-likeness (QED) is 0.765. The lowest BCUT2D eigenvalue weighted by atomic mass is 10.1. The zero-order valence-corrected chi connectivity index (χ0v) is 13.9. The summed E-state index contributed by atoms with van der Waals surface area (Å²) in [7, 11) is 1.38. The van der Waals surface area contributed by atoms with Crippen LogP contribution in [0.15, 0.2) is 36.4 Å². The molecule has 7 heteroatoms. The molecule has 0 aliphatic heterocycles. The first kappa shape index (κ1) is 18.1. The zero-order valence-electron chi connectivity index (χ0n) is 13.1. The molecule has 0 saturated carbocycles. The molecule has 0 radical (unpaired) electrons. The fourth-order valence-corrected chi connectivity index (χ4v) is 2.21. The summed E-state index contributed by atoms with van der Waals surface area (Å²) in [5.74, 6) is -0.524. The smallest absolute Gasteiger partial charge is 0.267 e. The van der Waals surface area contributed by atoms with Crippen molar-refractivity contribution < 1.29 is 22.6 Å². The number of nitrogens with one attached hydrogen (secondary N) is 1. The molecule has 0 spiro atoms. The van der Waals surface area contributed by atoms with Gasteiger partial charge in [-0.3, -0.25) is 0 Å². The number of anilines is 1. The van der Waals surface area contributed by atoms with Gasteiger partial charge in [0, 0.05) is 5.56 Å². The molecule has 0 atom stereocenters. The average molecular weight is 355 g/mol. The zero-order chi connectivity index (χ0) is 17.7. The van der Waals surface area contributed by atoms with Crippen molar-refractivity contribution >= 4 is 23.1 Å². The molecule has 3 nitrogen and oxygen atoms in total. The van der Waals surface area contributed by atoms with Crippen LogP contribution in [0.2, 0.25) is 0 Å². The topological polar surface area (TPSA) is 30.5 Å². The van der Waals surface area contributed by atoms with E-state index in [0.717, 1.165) is 0 Å². The van der Waals surface area contributed by atoms with Crippen LogP contribution in [0.5, 0.6) is 5.75 Å². The summed E-state index contributed by atoms with van der Waals surface area (Å²) in [6.45, 7) is 1.48. The van der Waals surface area contributed by atoms with Crippen LogP contribution in [-0.4, -0.2) is 12.3 Å². The van der Waals surface area contributed by atoms with Crippen LogP contribution in [0.3, 0.4) is 0 Å². The molecule has 1 N–H and O–H groups in total. The molecule has 0 aliphatic rings. The summed E-state index contributed by atoms with van der Waals surface area (Å²) in [6, 6.07) is 8.79. The standard InChI is InChI=1S/C17H16F3NO2S/c1-10-6-7-15(11(8-10)16(19)20)23-9-12-13(18)4-3-5-14(12)21-17(24)22-2/h3-8,16H,9H2,1-2H3,(H,21,24). The third-order valence-corrected chi connectivity index (χ3v) is 3.58. The van der Waals surface area contributed by atoms with Crippen LogP contribution in [0, 0.1) is 12.7 Å². The fraction of sp³-hybridized carbons (Fsp3) is 0.235. The number of methoxy groups -OCH3 is 1. The Morgan fingerprint density at radius 3 is 2.67 bits per heavy atom. The molecule has 2 aromatic rings. The van der Waals surface area contributed by atoms with Gasteiger partial charge < -0.3 is 14.8 Å². The summed E-state index contributed by atoms with van der Waals surface area (Å²) in [4.78, 5) is 0. The third-order valence-electron chi connectivity index (χ3n) is 3.31. The van der Waals surface area contributed by atoms with Crippen molar-refractivity contribution in [1.29, 1.82) is 0 Å². The van der Waals surface area contributed by atoms with E-state index in [0.29, 0.717) is 11.3 Å². The van der Waals surface area contributed by atoms with Gasteiger partial charge in [-0.1, -0.05) is 17.7 Å². The molecule has 0 heterocycles. The van der Waals surface area contributed by atoms with E-state index in [9.17, 15) is 13.2 Å². The van der Waals surface area contributed by atoms with Gasteiger partial charge in [-0.15, -0.1) is 0 Å². The summed E-state index contributed by atoms with van der Waals surface area (Å²) in [5.41, 5.74) is 0.981. The first-order chi connectivity index (χ1) is 11.4. The SMILES string of the molecule is COC(=S)Nc1cccc(F)c1COc1ccc(C)cc1C(F)F. The summed E-state index contributed by atoms with van der Waals surface area (Å²) < 4.78 is 50.6.